The number of carbonyl (C=O) groups is 1. The second kappa shape index (κ2) is 7.41. The Bertz CT molecular complexity index is 581. The first-order chi connectivity index (χ1) is 10.9. The third kappa shape index (κ3) is 3.98. The molecule has 7 nitrogen and oxygen atoms in total. The molecule has 1 aliphatic heterocycles. The van der Waals surface area contributed by atoms with Crippen molar-refractivity contribution < 1.29 is 14.5 Å². The van der Waals surface area contributed by atoms with Crippen molar-refractivity contribution in [2.24, 2.45) is 0 Å². The number of carbonyl (C=O) groups excluding carboxylic acids is 1. The smallest absolute Gasteiger partial charge is 0.340 e. The first kappa shape index (κ1) is 17.2. The van der Waals surface area contributed by atoms with Gasteiger partial charge in [0, 0.05) is 38.8 Å². The molecule has 1 fully saturated rings. The van der Waals surface area contributed by atoms with Gasteiger partial charge in [-0.2, -0.15) is 0 Å². The van der Waals surface area contributed by atoms with Crippen LogP contribution in [-0.2, 0) is 4.74 Å². The number of ether oxygens (including phenoxy) is 1. The average Bonchev–Trinajstić information content (AvgIpc) is 2.53. The van der Waals surface area contributed by atoms with Gasteiger partial charge >= 0.3 is 5.97 Å². The highest BCUT2D eigenvalue weighted by molar-refractivity contribution is 5.98. The van der Waals surface area contributed by atoms with Gasteiger partial charge in [0.05, 0.1) is 17.6 Å². The van der Waals surface area contributed by atoms with Crippen LogP contribution in [0.1, 0.15) is 24.2 Å². The van der Waals surface area contributed by atoms with Crippen LogP contribution in [0.5, 0.6) is 0 Å². The molecule has 23 heavy (non-hydrogen) atoms. The first-order valence-electron chi connectivity index (χ1n) is 7.56. The lowest BCUT2D eigenvalue weighted by Gasteiger charge is -2.36. The molecule has 2 rings (SSSR count). The van der Waals surface area contributed by atoms with Gasteiger partial charge in [-0.15, -0.1) is 0 Å². The normalized spacial score (nSPS) is 15.7. The number of methoxy groups -OCH3 is 1. The summed E-state index contributed by atoms with van der Waals surface area (Å²) in [5.41, 5.74) is 0.550. The maximum atomic E-state index is 12.0. The maximum absolute atomic E-state index is 12.0. The van der Waals surface area contributed by atoms with Gasteiger partial charge in [0.2, 0.25) is 0 Å². The average molecular weight is 320 g/mol. The number of esters is 1. The molecule has 125 valence electrons. The van der Waals surface area contributed by atoms with Crippen LogP contribution in [0.4, 0.5) is 11.4 Å². The quantitative estimate of drug-likeness (QED) is 0.470. The third-order valence-electron chi connectivity index (χ3n) is 3.85. The van der Waals surface area contributed by atoms with Crippen LogP contribution in [0.3, 0.4) is 0 Å². The van der Waals surface area contributed by atoms with E-state index in [4.69, 9.17) is 4.74 Å². The zero-order chi connectivity index (χ0) is 17.0. The number of para-hydroxylation sites is 1. The van der Waals surface area contributed by atoms with E-state index in [0.29, 0.717) is 18.8 Å². The molecule has 0 bridgehead atoms. The summed E-state index contributed by atoms with van der Waals surface area (Å²) in [6.07, 6.45) is 0. The number of nitrogens with zero attached hydrogens (tertiary/aromatic N) is 3. The molecule has 0 spiro atoms. The topological polar surface area (TPSA) is 75.9 Å². The molecule has 1 aliphatic rings. The van der Waals surface area contributed by atoms with E-state index < -0.39 is 10.9 Å². The predicted molar refractivity (Wildman–Crippen MR) is 87.7 cm³/mol. The molecule has 1 saturated heterocycles. The summed E-state index contributed by atoms with van der Waals surface area (Å²) >= 11 is 0. The Labute approximate surface area is 136 Å². The molecule has 7 heteroatoms. The highest BCUT2D eigenvalue weighted by Crippen LogP contribution is 2.33. The predicted octanol–water partition coefficient (Wildman–Crippen LogP) is 2.12. The van der Waals surface area contributed by atoms with Gasteiger partial charge in [-0.25, -0.2) is 4.79 Å². The molecule has 0 N–H and O–H groups in total. The molecule has 0 aromatic heterocycles. The van der Waals surface area contributed by atoms with Crippen LogP contribution in [0.2, 0.25) is 0 Å². The van der Waals surface area contributed by atoms with Gasteiger partial charge in [-0.1, -0.05) is 19.9 Å². The molecule has 0 amide bonds. The van der Waals surface area contributed by atoms with Crippen LogP contribution < -0.4 is 4.90 Å². The molecule has 0 saturated carbocycles. The van der Waals surface area contributed by atoms with Gasteiger partial charge in [-0.3, -0.25) is 15.0 Å². The van der Waals surface area contributed by atoms with Gasteiger partial charge in [-0.05, 0) is 12.0 Å². The molecule has 0 atom stereocenters. The molecule has 0 unspecified atom stereocenters. The lowest BCUT2D eigenvalue weighted by Crippen LogP contribution is -2.47. The molecule has 1 aromatic rings. The fourth-order valence-electron chi connectivity index (χ4n) is 2.86. The van der Waals surface area contributed by atoms with Crippen molar-refractivity contribution in [2.45, 2.75) is 13.8 Å². The minimum atomic E-state index is -0.552. The zero-order valence-corrected chi connectivity index (χ0v) is 13.7. The van der Waals surface area contributed by atoms with Gasteiger partial charge in [0.15, 0.2) is 0 Å². The summed E-state index contributed by atoms with van der Waals surface area (Å²) in [5.74, 6) is 0.781. The molecule has 0 aliphatic carbocycles. The van der Waals surface area contributed by atoms with E-state index in [1.807, 2.05) is 4.90 Å². The minimum absolute atomic E-state index is 0.0559. The van der Waals surface area contributed by atoms with Crippen LogP contribution in [0.15, 0.2) is 18.2 Å². The van der Waals surface area contributed by atoms with E-state index in [2.05, 4.69) is 18.7 Å². The lowest BCUT2D eigenvalue weighted by molar-refractivity contribution is -0.384. The number of nitro groups is 1. The summed E-state index contributed by atoms with van der Waals surface area (Å²) in [6.45, 7) is 7.99. The Hall–Kier alpha value is -2.15. The summed E-state index contributed by atoms with van der Waals surface area (Å²) < 4.78 is 4.77. The molecule has 1 radical (unpaired) electrons. The van der Waals surface area contributed by atoms with Crippen molar-refractivity contribution in [2.75, 3.05) is 44.7 Å². The zero-order valence-electron chi connectivity index (χ0n) is 13.7. The summed E-state index contributed by atoms with van der Waals surface area (Å²) in [5, 5.41) is 11.4. The largest absolute Gasteiger partial charge is 0.465 e. The highest BCUT2D eigenvalue weighted by atomic mass is 16.6. The summed E-state index contributed by atoms with van der Waals surface area (Å²) in [6, 6.07) is 4.52. The molecular formula is C16H22N3O4. The lowest BCUT2D eigenvalue weighted by atomic mass is 10.1. The standard InChI is InChI=1S/C16H22N3O4/c1-12(2)11-17-7-9-18(10-8-17)15-13(16(20)23-3)5-4-6-14(15)19(21)22/h4-6H,7-11H2,1-3H3. The van der Waals surface area contributed by atoms with Crippen LogP contribution >= 0.6 is 0 Å². The minimum Gasteiger partial charge on any atom is -0.465 e. The van der Waals surface area contributed by atoms with E-state index in [-0.39, 0.29) is 11.3 Å². The third-order valence-corrected chi connectivity index (χ3v) is 3.85. The van der Waals surface area contributed by atoms with Crippen molar-refractivity contribution in [1.82, 2.24) is 4.90 Å². The summed E-state index contributed by atoms with van der Waals surface area (Å²) in [4.78, 5) is 27.1. The van der Waals surface area contributed by atoms with Gasteiger partial charge in [0.1, 0.15) is 5.69 Å². The number of hydrogen-bond acceptors (Lipinski definition) is 6. The fraction of sp³-hybridized carbons (Fsp3) is 0.500. The second-order valence-electron chi connectivity index (χ2n) is 5.89. The van der Waals surface area contributed by atoms with Crippen molar-refractivity contribution in [3.63, 3.8) is 0 Å². The molecule has 1 aromatic carbocycles. The van der Waals surface area contributed by atoms with Gasteiger partial charge < -0.3 is 9.64 Å². The number of hydrogen-bond donors (Lipinski definition) is 0. The first-order valence-corrected chi connectivity index (χ1v) is 7.56. The van der Waals surface area contributed by atoms with Crippen molar-refractivity contribution in [1.29, 1.82) is 0 Å². The van der Waals surface area contributed by atoms with Crippen molar-refractivity contribution in [3.8, 4) is 0 Å². The number of piperazine rings is 1. The number of rotatable bonds is 5. The van der Waals surface area contributed by atoms with E-state index in [1.165, 1.54) is 25.2 Å². The SMILES string of the molecule is COC(=O)c1cccc([N+](=O)[O-])c1N1CCN(C[C](C)C)CC1. The van der Waals surface area contributed by atoms with Crippen LogP contribution in [0.25, 0.3) is 0 Å². The van der Waals surface area contributed by atoms with Crippen LogP contribution in [-0.4, -0.2) is 55.6 Å². The second-order valence-corrected chi connectivity index (χ2v) is 5.89. The Balaban J connectivity index is 2.28. The number of nitro benzene ring substituents is 1. The van der Waals surface area contributed by atoms with E-state index in [1.54, 1.807) is 6.07 Å². The summed E-state index contributed by atoms with van der Waals surface area (Å²) in [7, 11) is 1.28. The highest BCUT2D eigenvalue weighted by Gasteiger charge is 2.29. The Morgan fingerprint density at radius 2 is 1.91 bits per heavy atom. The van der Waals surface area contributed by atoms with E-state index in [9.17, 15) is 14.9 Å². The molecular weight excluding hydrogens is 298 g/mol. The van der Waals surface area contributed by atoms with Crippen molar-refractivity contribution in [3.05, 3.63) is 39.8 Å². The molecule has 1 heterocycles. The van der Waals surface area contributed by atoms with E-state index >= 15 is 0 Å². The van der Waals surface area contributed by atoms with Crippen molar-refractivity contribution >= 4 is 17.3 Å². The Morgan fingerprint density at radius 3 is 2.43 bits per heavy atom. The van der Waals surface area contributed by atoms with Gasteiger partial charge in [0.25, 0.3) is 5.69 Å². The Kier molecular flexibility index (Phi) is 5.54. The number of benzene rings is 1. The number of anilines is 1. The maximum Gasteiger partial charge on any atom is 0.340 e. The Morgan fingerprint density at radius 1 is 1.26 bits per heavy atom. The van der Waals surface area contributed by atoms with Crippen LogP contribution in [0, 0.1) is 16.0 Å². The monoisotopic (exact) mass is 320 g/mol. The fourth-order valence-corrected chi connectivity index (χ4v) is 2.86. The van der Waals surface area contributed by atoms with E-state index in [0.717, 1.165) is 19.6 Å².